The number of benzene rings is 2. The molecule has 2 aromatic rings. The van der Waals surface area contributed by atoms with E-state index in [9.17, 15) is 9.59 Å². The summed E-state index contributed by atoms with van der Waals surface area (Å²) < 4.78 is 5.58. The third kappa shape index (κ3) is 5.50. The summed E-state index contributed by atoms with van der Waals surface area (Å²) in [5.74, 6) is -0.739. The molecule has 2 rings (SSSR count). The van der Waals surface area contributed by atoms with Crippen LogP contribution in [0.25, 0.3) is 0 Å². The molecule has 0 aromatic heterocycles. The van der Waals surface area contributed by atoms with Gasteiger partial charge in [0.1, 0.15) is 5.75 Å². The predicted molar refractivity (Wildman–Crippen MR) is 96.1 cm³/mol. The average molecular weight is 362 g/mol. The van der Waals surface area contributed by atoms with Crippen LogP contribution in [0.1, 0.15) is 42.2 Å². The molecular weight excluding hydrogens is 342 g/mol. The monoisotopic (exact) mass is 361 g/mol. The zero-order chi connectivity index (χ0) is 18.4. The van der Waals surface area contributed by atoms with Crippen LogP contribution in [0, 0.1) is 0 Å². The first-order valence-corrected chi connectivity index (χ1v) is 8.28. The molecule has 1 atom stereocenters. The Labute approximate surface area is 151 Å². The van der Waals surface area contributed by atoms with Crippen LogP contribution in [-0.4, -0.2) is 23.1 Å². The third-order valence-electron chi connectivity index (χ3n) is 3.46. The molecule has 25 heavy (non-hydrogen) atoms. The van der Waals surface area contributed by atoms with Gasteiger partial charge >= 0.3 is 5.97 Å². The molecule has 0 aliphatic carbocycles. The fourth-order valence-electron chi connectivity index (χ4n) is 2.36. The summed E-state index contributed by atoms with van der Waals surface area (Å²) in [7, 11) is 0. The second-order valence-corrected chi connectivity index (χ2v) is 6.25. The van der Waals surface area contributed by atoms with Crippen LogP contribution in [0.3, 0.4) is 0 Å². The van der Waals surface area contributed by atoms with Gasteiger partial charge < -0.3 is 15.2 Å². The number of nitrogens with one attached hydrogen (secondary N) is 1. The molecule has 0 aliphatic heterocycles. The Morgan fingerprint density at radius 2 is 1.76 bits per heavy atom. The zero-order valence-corrected chi connectivity index (χ0v) is 14.8. The molecule has 1 amide bonds. The molecule has 0 spiro atoms. The van der Waals surface area contributed by atoms with E-state index in [0.717, 1.165) is 0 Å². The highest BCUT2D eigenvalue weighted by molar-refractivity contribution is 6.33. The van der Waals surface area contributed by atoms with E-state index in [1.807, 2.05) is 13.8 Å². The normalized spacial score (nSPS) is 11.8. The van der Waals surface area contributed by atoms with Crippen LogP contribution < -0.4 is 10.1 Å². The number of halogens is 1. The molecule has 2 N–H and O–H groups in total. The van der Waals surface area contributed by atoms with Gasteiger partial charge in [0.05, 0.1) is 29.2 Å². The molecule has 0 saturated heterocycles. The number of carbonyl (C=O) groups is 2. The highest BCUT2D eigenvalue weighted by atomic mass is 35.5. The van der Waals surface area contributed by atoms with E-state index in [-0.39, 0.29) is 12.5 Å². The van der Waals surface area contributed by atoms with Crippen molar-refractivity contribution < 1.29 is 19.4 Å². The average Bonchev–Trinajstić information content (AvgIpc) is 2.54. The summed E-state index contributed by atoms with van der Waals surface area (Å²) >= 11 is 6.03. The minimum atomic E-state index is -1.01. The second-order valence-electron chi connectivity index (χ2n) is 5.84. The van der Waals surface area contributed by atoms with Crippen LogP contribution in [0.4, 0.5) is 0 Å². The van der Waals surface area contributed by atoms with E-state index < -0.39 is 17.9 Å². The Kier molecular flexibility index (Phi) is 6.42. The van der Waals surface area contributed by atoms with Crippen LogP contribution in [0.5, 0.6) is 5.75 Å². The number of amides is 1. The standard InChI is InChI=1S/C19H20ClNO4/c1-12(2)25-14-9-7-13(8-10-14)17(11-18(22)23)21-19(24)15-5-3-4-6-16(15)20/h3-10,12,17H,11H2,1-2H3,(H,21,24)(H,22,23)/t17-/m0/s1. The Hall–Kier alpha value is -2.53. The molecular formula is C19H20ClNO4. The lowest BCUT2D eigenvalue weighted by atomic mass is 10.0. The minimum absolute atomic E-state index is 0.0422. The highest BCUT2D eigenvalue weighted by Gasteiger charge is 2.20. The van der Waals surface area contributed by atoms with Gasteiger partial charge in [-0.25, -0.2) is 0 Å². The summed E-state index contributed by atoms with van der Waals surface area (Å²) in [4.78, 5) is 23.6. The predicted octanol–water partition coefficient (Wildman–Crippen LogP) is 4.07. The van der Waals surface area contributed by atoms with Gasteiger partial charge in [0.15, 0.2) is 0 Å². The fraction of sp³-hybridized carbons (Fsp3) is 0.263. The van der Waals surface area contributed by atoms with Crippen molar-refractivity contribution in [2.24, 2.45) is 0 Å². The van der Waals surface area contributed by atoms with Crippen LogP contribution in [-0.2, 0) is 4.79 Å². The quantitative estimate of drug-likeness (QED) is 0.779. The van der Waals surface area contributed by atoms with E-state index in [4.69, 9.17) is 21.4 Å². The number of ether oxygens (including phenoxy) is 1. The maximum absolute atomic E-state index is 12.4. The molecule has 5 nitrogen and oxygen atoms in total. The van der Waals surface area contributed by atoms with Crippen LogP contribution in [0.15, 0.2) is 48.5 Å². The first-order chi connectivity index (χ1) is 11.9. The van der Waals surface area contributed by atoms with E-state index in [1.165, 1.54) is 0 Å². The third-order valence-corrected chi connectivity index (χ3v) is 3.79. The Balaban J connectivity index is 2.20. The van der Waals surface area contributed by atoms with Crippen molar-refractivity contribution in [3.05, 3.63) is 64.7 Å². The number of carbonyl (C=O) groups excluding carboxylic acids is 1. The molecule has 0 unspecified atom stereocenters. The molecule has 132 valence electrons. The molecule has 0 saturated carbocycles. The number of hydrogen-bond acceptors (Lipinski definition) is 3. The summed E-state index contributed by atoms with van der Waals surface area (Å²) in [5.41, 5.74) is 0.984. The van der Waals surface area contributed by atoms with Crippen molar-refractivity contribution in [1.29, 1.82) is 0 Å². The maximum atomic E-state index is 12.4. The first-order valence-electron chi connectivity index (χ1n) is 7.90. The highest BCUT2D eigenvalue weighted by Crippen LogP contribution is 2.23. The number of hydrogen-bond donors (Lipinski definition) is 2. The minimum Gasteiger partial charge on any atom is -0.491 e. The van der Waals surface area contributed by atoms with Gasteiger partial charge in [0.25, 0.3) is 5.91 Å². The Morgan fingerprint density at radius 1 is 1.12 bits per heavy atom. The van der Waals surface area contributed by atoms with Crippen molar-refractivity contribution in [3.8, 4) is 5.75 Å². The first kappa shape index (κ1) is 18.8. The van der Waals surface area contributed by atoms with Gasteiger partial charge in [0, 0.05) is 0 Å². The number of carboxylic acids is 1. The molecule has 0 heterocycles. The van der Waals surface area contributed by atoms with Crippen molar-refractivity contribution in [2.45, 2.75) is 32.4 Å². The van der Waals surface area contributed by atoms with E-state index >= 15 is 0 Å². The fourth-order valence-corrected chi connectivity index (χ4v) is 2.58. The summed E-state index contributed by atoms with van der Waals surface area (Å²) in [6.07, 6.45) is -0.193. The van der Waals surface area contributed by atoms with Crippen molar-refractivity contribution >= 4 is 23.5 Å². The van der Waals surface area contributed by atoms with Gasteiger partial charge in [-0.15, -0.1) is 0 Å². The van der Waals surface area contributed by atoms with Crippen LogP contribution >= 0.6 is 11.6 Å². The lowest BCUT2D eigenvalue weighted by molar-refractivity contribution is -0.137. The van der Waals surface area contributed by atoms with E-state index in [0.29, 0.717) is 21.9 Å². The maximum Gasteiger partial charge on any atom is 0.305 e. The number of aliphatic carboxylic acids is 1. The summed E-state index contributed by atoms with van der Waals surface area (Å²) in [5, 5.41) is 12.2. The number of rotatable bonds is 7. The topological polar surface area (TPSA) is 75.6 Å². The second kappa shape index (κ2) is 8.53. The SMILES string of the molecule is CC(C)Oc1ccc([C@H](CC(=O)O)NC(=O)c2ccccc2Cl)cc1. The Morgan fingerprint density at radius 3 is 2.32 bits per heavy atom. The molecule has 0 fully saturated rings. The Bertz CT molecular complexity index is 743. The zero-order valence-electron chi connectivity index (χ0n) is 14.0. The van der Waals surface area contributed by atoms with Crippen molar-refractivity contribution in [2.75, 3.05) is 0 Å². The largest absolute Gasteiger partial charge is 0.491 e. The van der Waals surface area contributed by atoms with Gasteiger partial charge in [0.2, 0.25) is 0 Å². The van der Waals surface area contributed by atoms with Gasteiger partial charge in [-0.05, 0) is 43.7 Å². The van der Waals surface area contributed by atoms with Gasteiger partial charge in [-0.2, -0.15) is 0 Å². The molecule has 6 heteroatoms. The summed E-state index contributed by atoms with van der Waals surface area (Å²) in [6.45, 7) is 3.84. The van der Waals surface area contributed by atoms with Crippen molar-refractivity contribution in [3.63, 3.8) is 0 Å². The van der Waals surface area contributed by atoms with Gasteiger partial charge in [-0.1, -0.05) is 35.9 Å². The van der Waals surface area contributed by atoms with E-state index in [1.54, 1.807) is 48.5 Å². The molecule has 0 radical (unpaired) electrons. The van der Waals surface area contributed by atoms with Gasteiger partial charge in [-0.3, -0.25) is 9.59 Å². The van der Waals surface area contributed by atoms with Crippen LogP contribution in [0.2, 0.25) is 5.02 Å². The molecule has 2 aromatic carbocycles. The van der Waals surface area contributed by atoms with E-state index in [2.05, 4.69) is 5.32 Å². The summed E-state index contributed by atoms with van der Waals surface area (Å²) in [6, 6.07) is 13.0. The number of carboxylic acid groups (broad SMARTS) is 1. The lowest BCUT2D eigenvalue weighted by Gasteiger charge is -2.19. The molecule has 0 bridgehead atoms. The molecule has 0 aliphatic rings. The van der Waals surface area contributed by atoms with Crippen molar-refractivity contribution in [1.82, 2.24) is 5.32 Å². The lowest BCUT2D eigenvalue weighted by Crippen LogP contribution is -2.30. The smallest absolute Gasteiger partial charge is 0.305 e.